The normalized spacial score (nSPS) is 14.4. The molecule has 0 saturated heterocycles. The molecule has 7 heteroatoms. The number of ketones is 1. The zero-order valence-electron chi connectivity index (χ0n) is 13.1. The van der Waals surface area contributed by atoms with Crippen LogP contribution in [0.5, 0.6) is 5.75 Å². The molecule has 2 aromatic rings. The van der Waals surface area contributed by atoms with Crippen molar-refractivity contribution < 1.29 is 19.4 Å². The van der Waals surface area contributed by atoms with Crippen molar-refractivity contribution in [1.82, 2.24) is 0 Å². The summed E-state index contributed by atoms with van der Waals surface area (Å²) in [5, 5.41) is 12.8. The highest BCUT2D eigenvalue weighted by atomic mass is 35.5. The third-order valence-corrected chi connectivity index (χ3v) is 4.51. The summed E-state index contributed by atoms with van der Waals surface area (Å²) in [7, 11) is 1.49. The summed E-state index contributed by atoms with van der Waals surface area (Å²) >= 11 is 12.2. The van der Waals surface area contributed by atoms with Gasteiger partial charge in [-0.1, -0.05) is 23.2 Å². The number of amides is 1. The quantitative estimate of drug-likeness (QED) is 0.628. The molecule has 0 aliphatic carbocycles. The lowest BCUT2D eigenvalue weighted by atomic mass is 9.99. The number of hydrogen-bond donors (Lipinski definition) is 2. The predicted octanol–water partition coefficient (Wildman–Crippen LogP) is 3.71. The standard InChI is InChI=1S/C18H13Cl2NO4/c1-25-10-2-3-11(9(6-10)8-22)15(23)7-12-16-13(19)4-5-14(20)17(16)21-18(12)24/h2-7,22H,8H2,1H3,(H,21,24). The van der Waals surface area contributed by atoms with Gasteiger partial charge in [-0.05, 0) is 42.0 Å². The monoisotopic (exact) mass is 377 g/mol. The number of hydrogen-bond acceptors (Lipinski definition) is 4. The van der Waals surface area contributed by atoms with Gasteiger partial charge in [-0.25, -0.2) is 0 Å². The molecule has 1 heterocycles. The van der Waals surface area contributed by atoms with Crippen molar-refractivity contribution in [3.63, 3.8) is 0 Å². The van der Waals surface area contributed by atoms with Crippen molar-refractivity contribution >= 4 is 46.2 Å². The topological polar surface area (TPSA) is 75.6 Å². The fraction of sp³-hybridized carbons (Fsp3) is 0.111. The van der Waals surface area contributed by atoms with E-state index in [2.05, 4.69) is 5.32 Å². The maximum atomic E-state index is 12.6. The largest absolute Gasteiger partial charge is 0.497 e. The van der Waals surface area contributed by atoms with Crippen LogP contribution < -0.4 is 10.1 Å². The van der Waals surface area contributed by atoms with Crippen molar-refractivity contribution in [3.05, 3.63) is 63.1 Å². The number of aliphatic hydroxyl groups excluding tert-OH is 1. The average molecular weight is 378 g/mol. The van der Waals surface area contributed by atoms with Gasteiger partial charge in [-0.3, -0.25) is 9.59 Å². The van der Waals surface area contributed by atoms with Gasteiger partial charge in [0.1, 0.15) is 5.75 Å². The van der Waals surface area contributed by atoms with Gasteiger partial charge < -0.3 is 15.2 Å². The van der Waals surface area contributed by atoms with Gasteiger partial charge in [0.2, 0.25) is 0 Å². The van der Waals surface area contributed by atoms with E-state index in [-0.39, 0.29) is 17.7 Å². The number of methoxy groups -OCH3 is 1. The van der Waals surface area contributed by atoms with Crippen LogP contribution in [0.2, 0.25) is 10.0 Å². The van der Waals surface area contributed by atoms with Crippen LogP contribution in [0.1, 0.15) is 21.5 Å². The number of aliphatic hydroxyl groups is 1. The van der Waals surface area contributed by atoms with Crippen molar-refractivity contribution in [3.8, 4) is 5.75 Å². The number of carbonyl (C=O) groups excluding carboxylic acids is 2. The van der Waals surface area contributed by atoms with Crippen molar-refractivity contribution in [1.29, 1.82) is 0 Å². The lowest BCUT2D eigenvalue weighted by Crippen LogP contribution is -2.07. The summed E-state index contributed by atoms with van der Waals surface area (Å²) < 4.78 is 5.08. The Balaban J connectivity index is 2.07. The third kappa shape index (κ3) is 3.14. The van der Waals surface area contributed by atoms with Crippen LogP contribution in [0.3, 0.4) is 0 Å². The first-order valence-electron chi connectivity index (χ1n) is 7.29. The molecule has 3 rings (SSSR count). The molecular formula is C18H13Cl2NO4. The molecule has 0 unspecified atom stereocenters. The van der Waals surface area contributed by atoms with Gasteiger partial charge in [-0.2, -0.15) is 0 Å². The Kier molecular flexibility index (Phi) is 4.81. The Morgan fingerprint density at radius 2 is 1.96 bits per heavy atom. The van der Waals surface area contributed by atoms with Crippen molar-refractivity contribution in [2.75, 3.05) is 12.4 Å². The number of carbonyl (C=O) groups is 2. The van der Waals surface area contributed by atoms with Gasteiger partial charge in [0.25, 0.3) is 5.91 Å². The molecule has 128 valence electrons. The van der Waals surface area contributed by atoms with Gasteiger partial charge in [0, 0.05) is 11.1 Å². The summed E-state index contributed by atoms with van der Waals surface area (Å²) in [5.41, 5.74) is 1.58. The van der Waals surface area contributed by atoms with E-state index in [9.17, 15) is 14.7 Å². The molecule has 2 N–H and O–H groups in total. The van der Waals surface area contributed by atoms with E-state index < -0.39 is 11.7 Å². The molecule has 0 atom stereocenters. The van der Waals surface area contributed by atoms with Crippen molar-refractivity contribution in [2.24, 2.45) is 0 Å². The summed E-state index contributed by atoms with van der Waals surface area (Å²) in [6.07, 6.45) is 1.20. The van der Waals surface area contributed by atoms with Crippen LogP contribution in [0.4, 0.5) is 5.69 Å². The van der Waals surface area contributed by atoms with E-state index in [4.69, 9.17) is 27.9 Å². The van der Waals surface area contributed by atoms with Crippen LogP contribution in [-0.2, 0) is 11.4 Å². The lowest BCUT2D eigenvalue weighted by molar-refractivity contribution is -0.110. The minimum absolute atomic E-state index is 0.132. The Morgan fingerprint density at radius 3 is 2.64 bits per heavy atom. The highest BCUT2D eigenvalue weighted by Crippen LogP contribution is 2.41. The number of halogens is 2. The Hall–Kier alpha value is -2.34. The SMILES string of the molecule is COc1ccc(C(=O)C=C2C(=O)Nc3c(Cl)ccc(Cl)c32)c(CO)c1. The summed E-state index contributed by atoms with van der Waals surface area (Å²) in [4.78, 5) is 24.9. The molecule has 0 spiro atoms. The fourth-order valence-electron chi connectivity index (χ4n) is 2.65. The molecule has 0 saturated carbocycles. The second-order valence-electron chi connectivity index (χ2n) is 5.34. The maximum absolute atomic E-state index is 12.6. The van der Waals surface area contributed by atoms with Crippen LogP contribution in [0.15, 0.2) is 36.4 Å². The zero-order valence-corrected chi connectivity index (χ0v) is 14.6. The second-order valence-corrected chi connectivity index (χ2v) is 6.15. The van der Waals surface area contributed by atoms with Gasteiger partial charge in [0.15, 0.2) is 5.78 Å². The molecule has 0 fully saturated rings. The number of ether oxygens (including phenoxy) is 1. The first kappa shape index (κ1) is 17.5. The molecule has 25 heavy (non-hydrogen) atoms. The molecular weight excluding hydrogens is 365 g/mol. The summed E-state index contributed by atoms with van der Waals surface area (Å²) in [5.74, 6) is -0.370. The smallest absolute Gasteiger partial charge is 0.256 e. The first-order chi connectivity index (χ1) is 12.0. The predicted molar refractivity (Wildman–Crippen MR) is 96.3 cm³/mol. The molecule has 1 amide bonds. The minimum Gasteiger partial charge on any atom is -0.497 e. The number of anilines is 1. The Bertz CT molecular complexity index is 922. The van der Waals surface area contributed by atoms with Crippen molar-refractivity contribution in [2.45, 2.75) is 6.61 Å². The number of fused-ring (bicyclic) bond motifs is 1. The molecule has 0 bridgehead atoms. The molecule has 2 aromatic carbocycles. The number of nitrogens with one attached hydrogen (secondary N) is 1. The number of benzene rings is 2. The average Bonchev–Trinajstić information content (AvgIpc) is 2.95. The highest BCUT2D eigenvalue weighted by molar-refractivity contribution is 6.45. The van der Waals surface area contributed by atoms with E-state index in [0.29, 0.717) is 32.6 Å². The Morgan fingerprint density at radius 1 is 1.24 bits per heavy atom. The Labute approximate surface area is 153 Å². The number of allylic oxidation sites excluding steroid dienone is 1. The van der Waals surface area contributed by atoms with Crippen LogP contribution in [0.25, 0.3) is 5.57 Å². The fourth-order valence-corrected chi connectivity index (χ4v) is 3.11. The van der Waals surface area contributed by atoms with Gasteiger partial charge in [-0.15, -0.1) is 0 Å². The van der Waals surface area contributed by atoms with E-state index in [1.165, 1.54) is 19.3 Å². The molecule has 1 aliphatic heterocycles. The van der Waals surface area contributed by atoms with E-state index in [0.717, 1.165) is 0 Å². The molecule has 1 aliphatic rings. The first-order valence-corrected chi connectivity index (χ1v) is 8.05. The zero-order chi connectivity index (χ0) is 18.1. The van der Waals surface area contributed by atoms with Gasteiger partial charge >= 0.3 is 0 Å². The van der Waals surface area contributed by atoms with Crippen LogP contribution >= 0.6 is 23.2 Å². The summed E-state index contributed by atoms with van der Waals surface area (Å²) in [6, 6.07) is 7.85. The molecule has 0 radical (unpaired) electrons. The van der Waals surface area contributed by atoms with Gasteiger partial charge in [0.05, 0.1) is 35.0 Å². The maximum Gasteiger partial charge on any atom is 0.256 e. The van der Waals surface area contributed by atoms with E-state index in [1.807, 2.05) is 0 Å². The lowest BCUT2D eigenvalue weighted by Gasteiger charge is -2.08. The highest BCUT2D eigenvalue weighted by Gasteiger charge is 2.29. The second kappa shape index (κ2) is 6.88. The molecule has 0 aromatic heterocycles. The third-order valence-electron chi connectivity index (χ3n) is 3.88. The number of rotatable bonds is 4. The van der Waals surface area contributed by atoms with Crippen LogP contribution in [0, 0.1) is 0 Å². The summed E-state index contributed by atoms with van der Waals surface area (Å²) in [6.45, 7) is -0.336. The van der Waals surface area contributed by atoms with Crippen LogP contribution in [-0.4, -0.2) is 23.9 Å². The van der Waals surface area contributed by atoms with E-state index in [1.54, 1.807) is 24.3 Å². The van der Waals surface area contributed by atoms with E-state index >= 15 is 0 Å². The minimum atomic E-state index is -0.461. The molecule has 5 nitrogen and oxygen atoms in total.